The molecule has 6 heteroatoms. The Kier molecular flexibility index (Phi) is 6.68. The summed E-state index contributed by atoms with van der Waals surface area (Å²) in [5, 5.41) is 10.0. The van der Waals surface area contributed by atoms with Crippen LogP contribution in [0.4, 0.5) is 5.82 Å². The third kappa shape index (κ3) is 3.91. The maximum Gasteiger partial charge on any atom is 0.153 e. The van der Waals surface area contributed by atoms with Gasteiger partial charge >= 0.3 is 0 Å². The molecule has 3 N–H and O–H groups in total. The number of aliphatic hydroxyl groups excluding tert-OH is 1. The van der Waals surface area contributed by atoms with Gasteiger partial charge in [0.15, 0.2) is 5.82 Å². The van der Waals surface area contributed by atoms with Crippen LogP contribution in [0.25, 0.3) is 11.3 Å². The summed E-state index contributed by atoms with van der Waals surface area (Å²) >= 11 is 0. The van der Waals surface area contributed by atoms with Crippen LogP contribution in [0, 0.1) is 18.3 Å². The van der Waals surface area contributed by atoms with Crippen LogP contribution in [0.1, 0.15) is 51.4 Å². The van der Waals surface area contributed by atoms with Crippen LogP contribution < -0.4 is 15.4 Å². The first-order valence-electron chi connectivity index (χ1n) is 10.6. The molecular formula is C24H36N4O2. The van der Waals surface area contributed by atoms with Crippen molar-refractivity contribution in [3.63, 3.8) is 0 Å². The van der Waals surface area contributed by atoms with Gasteiger partial charge in [0, 0.05) is 24.7 Å². The lowest BCUT2D eigenvalue weighted by molar-refractivity contribution is 0.185. The second-order valence-electron chi connectivity index (χ2n) is 8.71. The van der Waals surface area contributed by atoms with Crippen LogP contribution in [0.15, 0.2) is 24.3 Å². The van der Waals surface area contributed by atoms with Crippen molar-refractivity contribution in [2.75, 3.05) is 25.1 Å². The normalized spacial score (nSPS) is 22.8. The molecule has 2 fully saturated rings. The minimum Gasteiger partial charge on any atom is -0.497 e. The lowest BCUT2D eigenvalue weighted by Gasteiger charge is -2.43. The van der Waals surface area contributed by atoms with Gasteiger partial charge in [-0.1, -0.05) is 26.5 Å². The molecule has 4 rings (SSSR count). The van der Waals surface area contributed by atoms with Crippen LogP contribution >= 0.6 is 0 Å². The zero-order valence-corrected chi connectivity index (χ0v) is 17.7. The first kappa shape index (κ1) is 22.5. The van der Waals surface area contributed by atoms with Gasteiger partial charge in [-0.25, -0.2) is 9.97 Å². The van der Waals surface area contributed by atoms with E-state index in [0.717, 1.165) is 54.4 Å². The fraction of sp³-hybridized carbons (Fsp3) is 0.583. The molecule has 2 atom stereocenters. The van der Waals surface area contributed by atoms with Gasteiger partial charge in [0.25, 0.3) is 0 Å². The van der Waals surface area contributed by atoms with Crippen molar-refractivity contribution in [1.82, 2.24) is 9.97 Å². The predicted molar refractivity (Wildman–Crippen MR) is 122 cm³/mol. The second kappa shape index (κ2) is 8.90. The van der Waals surface area contributed by atoms with E-state index < -0.39 is 0 Å². The molecule has 1 aromatic heterocycles. The molecule has 0 bridgehead atoms. The summed E-state index contributed by atoms with van der Waals surface area (Å²) in [7, 11) is 1.65. The summed E-state index contributed by atoms with van der Waals surface area (Å²) in [5.74, 6) is 2.20. The Morgan fingerprint density at radius 3 is 2.57 bits per heavy atom. The molecular weight excluding hydrogens is 376 g/mol. The van der Waals surface area contributed by atoms with Crippen molar-refractivity contribution in [3.05, 3.63) is 35.7 Å². The third-order valence-electron chi connectivity index (χ3n) is 7.09. The van der Waals surface area contributed by atoms with E-state index in [-0.39, 0.29) is 19.4 Å². The van der Waals surface area contributed by atoms with Gasteiger partial charge in [0.2, 0.25) is 0 Å². The first-order chi connectivity index (χ1) is 14.0. The molecule has 1 saturated heterocycles. The summed E-state index contributed by atoms with van der Waals surface area (Å²) in [6, 6.07) is 8.09. The molecule has 1 aliphatic heterocycles. The minimum absolute atomic E-state index is 0. The number of piperidine rings is 1. The second-order valence-corrected chi connectivity index (χ2v) is 8.71. The Bertz CT molecular complexity index is 878. The molecule has 2 aliphatic rings. The summed E-state index contributed by atoms with van der Waals surface area (Å²) in [5.41, 5.74) is 10.1. The maximum atomic E-state index is 10.0. The highest BCUT2D eigenvalue weighted by Crippen LogP contribution is 2.48. The Morgan fingerprint density at radius 2 is 1.97 bits per heavy atom. The molecule has 1 aliphatic carbocycles. The Morgan fingerprint density at radius 1 is 1.23 bits per heavy atom. The highest BCUT2D eigenvalue weighted by molar-refractivity contribution is 5.65. The fourth-order valence-corrected chi connectivity index (χ4v) is 5.16. The van der Waals surface area contributed by atoms with E-state index in [1.807, 2.05) is 31.2 Å². The Labute approximate surface area is 180 Å². The van der Waals surface area contributed by atoms with Gasteiger partial charge in [-0.2, -0.15) is 0 Å². The largest absolute Gasteiger partial charge is 0.497 e. The molecule has 0 radical (unpaired) electrons. The summed E-state index contributed by atoms with van der Waals surface area (Å²) in [4.78, 5) is 12.0. The van der Waals surface area contributed by atoms with Crippen LogP contribution in [0.2, 0.25) is 0 Å². The van der Waals surface area contributed by atoms with Gasteiger partial charge in [-0.3, -0.25) is 0 Å². The third-order valence-corrected chi connectivity index (χ3v) is 7.09. The van der Waals surface area contributed by atoms with Crippen molar-refractivity contribution in [2.24, 2.45) is 17.1 Å². The van der Waals surface area contributed by atoms with E-state index in [1.165, 1.54) is 12.8 Å². The molecule has 1 saturated carbocycles. The quantitative estimate of drug-likeness (QED) is 0.791. The number of aliphatic hydroxyl groups is 1. The fourth-order valence-electron chi connectivity index (χ4n) is 5.16. The lowest BCUT2D eigenvalue weighted by atomic mass is 9.73. The first-order valence-corrected chi connectivity index (χ1v) is 10.6. The van der Waals surface area contributed by atoms with Gasteiger partial charge in [-0.15, -0.1) is 0 Å². The van der Waals surface area contributed by atoms with Gasteiger partial charge in [0.1, 0.15) is 11.4 Å². The molecule has 1 aromatic carbocycles. The highest BCUT2D eigenvalue weighted by atomic mass is 16.5. The maximum absolute atomic E-state index is 10.0. The van der Waals surface area contributed by atoms with Crippen molar-refractivity contribution in [1.29, 1.82) is 0 Å². The monoisotopic (exact) mass is 412 g/mol. The molecule has 2 heterocycles. The SMILES string of the molecule is C.COc1cccc(-c2nc(CO)c(N3CCC4(CC[C@@H](C)[C@H]4N)CC3)nc2C)c1. The number of nitrogens with zero attached hydrogens (tertiary/aromatic N) is 3. The standard InChI is InChI=1S/C23H32N4O2.CH4/c1-15-7-8-23(21(15)24)9-11-27(12-10-23)22-19(14-28)26-20(16(2)25-22)17-5-4-6-18(13-17)29-3;/h4-6,13,15,21,28H,7-12,14,24H2,1-3H3;1H4/t15-,21-;/m1./s1. The van der Waals surface area contributed by atoms with Crippen LogP contribution in [-0.2, 0) is 6.61 Å². The average Bonchev–Trinajstić information content (AvgIpc) is 3.02. The molecule has 30 heavy (non-hydrogen) atoms. The van der Waals surface area contributed by atoms with E-state index in [1.54, 1.807) is 7.11 Å². The van der Waals surface area contributed by atoms with E-state index in [0.29, 0.717) is 17.7 Å². The number of hydrogen-bond donors (Lipinski definition) is 2. The van der Waals surface area contributed by atoms with Gasteiger partial charge in [0.05, 0.1) is 25.1 Å². The van der Waals surface area contributed by atoms with E-state index >= 15 is 0 Å². The highest BCUT2D eigenvalue weighted by Gasteiger charge is 2.46. The number of aryl methyl sites for hydroxylation is 1. The summed E-state index contributed by atoms with van der Waals surface area (Å²) in [6.45, 7) is 5.96. The number of anilines is 1. The van der Waals surface area contributed by atoms with Crippen LogP contribution in [0.5, 0.6) is 5.75 Å². The van der Waals surface area contributed by atoms with Crippen molar-refractivity contribution < 1.29 is 9.84 Å². The number of nitrogens with two attached hydrogens (primary N) is 1. The lowest BCUT2D eigenvalue weighted by Crippen LogP contribution is -2.48. The number of methoxy groups -OCH3 is 1. The molecule has 6 nitrogen and oxygen atoms in total. The smallest absolute Gasteiger partial charge is 0.153 e. The number of benzene rings is 1. The Hall–Kier alpha value is -2.18. The minimum atomic E-state index is -0.127. The van der Waals surface area contributed by atoms with Gasteiger partial charge < -0.3 is 20.5 Å². The molecule has 0 amide bonds. The number of rotatable bonds is 4. The van der Waals surface area contributed by atoms with E-state index in [4.69, 9.17) is 20.4 Å². The summed E-state index contributed by atoms with van der Waals surface area (Å²) < 4.78 is 5.34. The van der Waals surface area contributed by atoms with Crippen LogP contribution in [0.3, 0.4) is 0 Å². The Balaban J connectivity index is 0.00000256. The zero-order chi connectivity index (χ0) is 20.6. The number of aromatic nitrogens is 2. The van der Waals surface area contributed by atoms with Gasteiger partial charge in [-0.05, 0) is 56.1 Å². The number of ether oxygens (including phenoxy) is 1. The van der Waals surface area contributed by atoms with Crippen molar-refractivity contribution in [2.45, 2.75) is 59.6 Å². The average molecular weight is 413 g/mol. The van der Waals surface area contributed by atoms with Crippen molar-refractivity contribution >= 4 is 5.82 Å². The molecule has 164 valence electrons. The zero-order valence-electron chi connectivity index (χ0n) is 17.7. The topological polar surface area (TPSA) is 84.5 Å². The van der Waals surface area contributed by atoms with E-state index in [9.17, 15) is 5.11 Å². The molecule has 1 spiro atoms. The van der Waals surface area contributed by atoms with Crippen LogP contribution in [-0.4, -0.2) is 41.3 Å². The molecule has 2 aromatic rings. The van der Waals surface area contributed by atoms with Crippen molar-refractivity contribution in [3.8, 4) is 17.0 Å². The predicted octanol–water partition coefficient (Wildman–Crippen LogP) is 3.93. The number of hydrogen-bond acceptors (Lipinski definition) is 6. The van der Waals surface area contributed by atoms with E-state index in [2.05, 4.69) is 11.8 Å². The summed E-state index contributed by atoms with van der Waals surface area (Å²) in [6.07, 6.45) is 4.64. The molecule has 0 unspecified atom stereocenters.